The molecule has 0 spiro atoms. The number of rotatable bonds is 6. The monoisotopic (exact) mass is 435 g/mol. The Kier molecular flexibility index (Phi) is 5.32. The Hall–Kier alpha value is -2.50. The number of aromatic nitrogens is 2. The van der Waals surface area contributed by atoms with Crippen molar-refractivity contribution in [3.05, 3.63) is 48.3 Å². The van der Waals surface area contributed by atoms with E-state index in [0.717, 1.165) is 48.8 Å². The van der Waals surface area contributed by atoms with E-state index in [1.54, 1.807) is 11.0 Å². The van der Waals surface area contributed by atoms with Crippen LogP contribution in [0.3, 0.4) is 0 Å². The van der Waals surface area contributed by atoms with Crippen LogP contribution in [-0.4, -0.2) is 34.1 Å². The van der Waals surface area contributed by atoms with Gasteiger partial charge in [0.25, 0.3) is 5.91 Å². The van der Waals surface area contributed by atoms with Crippen molar-refractivity contribution in [2.24, 2.45) is 23.7 Å². The predicted molar refractivity (Wildman–Crippen MR) is 120 cm³/mol. The highest BCUT2D eigenvalue weighted by Gasteiger charge is 2.48. The molecule has 1 N–H and O–H groups in total. The summed E-state index contributed by atoms with van der Waals surface area (Å²) in [7, 11) is 0. The molecule has 7 rings (SSSR count). The zero-order valence-corrected chi connectivity index (χ0v) is 18.6. The van der Waals surface area contributed by atoms with E-state index in [4.69, 9.17) is 9.57 Å². The number of carbonyl (C=O) groups is 1. The van der Waals surface area contributed by atoms with E-state index in [1.165, 1.54) is 32.1 Å². The number of hydrogen-bond donors (Lipinski definition) is 1. The minimum atomic E-state index is 0.0744. The lowest BCUT2D eigenvalue weighted by atomic mass is 9.54. The summed E-state index contributed by atoms with van der Waals surface area (Å²) in [5.74, 6) is 4.16. The van der Waals surface area contributed by atoms with Crippen LogP contribution in [0.5, 0.6) is 5.75 Å². The molecular weight excluding hydrogens is 402 g/mol. The van der Waals surface area contributed by atoms with Crippen LogP contribution in [0.4, 0.5) is 0 Å². The standard InChI is InChI=1S/C26H33N3O3/c30-26(28-25-20-13-17-12-18(15-20)16-21(25)14-17)19-2-4-22(5-3-19)31-23-6-8-24(9-7-23)32-29-11-1-10-27-29/h1-5,10-11,17-18,20-21,23-25H,6-9,12-16H2,(H,28,30). The molecule has 6 heteroatoms. The number of benzene rings is 1. The molecule has 5 saturated carbocycles. The van der Waals surface area contributed by atoms with Gasteiger partial charge in [0.05, 0.1) is 18.5 Å². The third-order valence-corrected chi connectivity index (χ3v) is 8.30. The number of nitrogens with zero attached hydrogens (tertiary/aromatic N) is 2. The van der Waals surface area contributed by atoms with Crippen LogP contribution in [0.15, 0.2) is 42.7 Å². The summed E-state index contributed by atoms with van der Waals surface area (Å²) in [6.07, 6.45) is 14.5. The van der Waals surface area contributed by atoms with Gasteiger partial charge in [-0.15, -0.1) is 9.94 Å². The van der Waals surface area contributed by atoms with Crippen molar-refractivity contribution >= 4 is 5.91 Å². The molecule has 5 aliphatic rings. The largest absolute Gasteiger partial charge is 0.490 e. The normalized spacial score (nSPS) is 35.4. The van der Waals surface area contributed by atoms with Crippen LogP contribution >= 0.6 is 0 Å². The van der Waals surface area contributed by atoms with Crippen molar-refractivity contribution in [3.8, 4) is 5.75 Å². The van der Waals surface area contributed by atoms with Gasteiger partial charge < -0.3 is 14.9 Å². The van der Waals surface area contributed by atoms with Gasteiger partial charge in [-0.05, 0) is 112 Å². The fraction of sp³-hybridized carbons (Fsp3) is 0.615. The van der Waals surface area contributed by atoms with Crippen LogP contribution in [0.2, 0.25) is 0 Å². The van der Waals surface area contributed by atoms with Crippen molar-refractivity contribution < 1.29 is 14.4 Å². The first kappa shape index (κ1) is 20.1. The second kappa shape index (κ2) is 8.45. The molecule has 1 heterocycles. The molecular formula is C26H33N3O3. The first-order valence-corrected chi connectivity index (χ1v) is 12.4. The Labute approximate surface area is 189 Å². The van der Waals surface area contributed by atoms with E-state index in [1.807, 2.05) is 36.5 Å². The van der Waals surface area contributed by atoms with Gasteiger partial charge in [0.15, 0.2) is 0 Å². The van der Waals surface area contributed by atoms with Crippen molar-refractivity contribution in [2.45, 2.75) is 76.0 Å². The lowest BCUT2D eigenvalue weighted by molar-refractivity contribution is -0.0225. The Morgan fingerprint density at radius 3 is 2.19 bits per heavy atom. The highest BCUT2D eigenvalue weighted by atomic mass is 16.7. The quantitative estimate of drug-likeness (QED) is 0.737. The van der Waals surface area contributed by atoms with Crippen molar-refractivity contribution in [3.63, 3.8) is 0 Å². The van der Waals surface area contributed by atoms with Gasteiger partial charge in [0, 0.05) is 11.6 Å². The van der Waals surface area contributed by atoms with Crippen LogP contribution in [0.25, 0.3) is 0 Å². The van der Waals surface area contributed by atoms with Crippen molar-refractivity contribution in [1.29, 1.82) is 0 Å². The molecule has 0 saturated heterocycles. The van der Waals surface area contributed by atoms with E-state index in [2.05, 4.69) is 10.4 Å². The summed E-state index contributed by atoms with van der Waals surface area (Å²) < 4.78 is 6.19. The predicted octanol–water partition coefficient (Wildman–Crippen LogP) is 4.26. The maximum absolute atomic E-state index is 12.9. The number of amides is 1. The first-order valence-electron chi connectivity index (χ1n) is 12.4. The van der Waals surface area contributed by atoms with Crippen LogP contribution in [-0.2, 0) is 0 Å². The molecule has 0 aliphatic heterocycles. The number of hydrogen-bond acceptors (Lipinski definition) is 4. The molecule has 32 heavy (non-hydrogen) atoms. The molecule has 4 bridgehead atoms. The summed E-state index contributed by atoms with van der Waals surface area (Å²) in [6, 6.07) is 9.95. The molecule has 170 valence electrons. The summed E-state index contributed by atoms with van der Waals surface area (Å²) in [5, 5.41) is 7.51. The highest BCUT2D eigenvalue weighted by molar-refractivity contribution is 5.94. The molecule has 2 aromatic rings. The Bertz CT molecular complexity index is 890. The van der Waals surface area contributed by atoms with Gasteiger partial charge in [-0.1, -0.05) is 0 Å². The molecule has 1 amide bonds. The van der Waals surface area contributed by atoms with E-state index >= 15 is 0 Å². The highest BCUT2D eigenvalue weighted by Crippen LogP contribution is 2.53. The van der Waals surface area contributed by atoms with Crippen molar-refractivity contribution in [2.75, 3.05) is 0 Å². The number of nitrogens with one attached hydrogen (secondary N) is 1. The summed E-state index contributed by atoms with van der Waals surface area (Å²) in [6.45, 7) is 0. The zero-order valence-electron chi connectivity index (χ0n) is 18.6. The second-order valence-corrected chi connectivity index (χ2v) is 10.5. The van der Waals surface area contributed by atoms with Gasteiger partial charge in [-0.25, -0.2) is 0 Å². The van der Waals surface area contributed by atoms with Crippen molar-refractivity contribution in [1.82, 2.24) is 15.3 Å². The third kappa shape index (κ3) is 4.12. The SMILES string of the molecule is O=C(NC1C2CC3CC(C2)CC1C3)c1ccc(OC2CCC(On3cccn3)CC2)cc1. The lowest BCUT2D eigenvalue weighted by Gasteiger charge is -2.54. The van der Waals surface area contributed by atoms with E-state index in [9.17, 15) is 4.79 Å². The molecule has 6 nitrogen and oxygen atoms in total. The number of ether oxygens (including phenoxy) is 1. The lowest BCUT2D eigenvalue weighted by Crippen LogP contribution is -2.55. The van der Waals surface area contributed by atoms with Gasteiger partial charge in [-0.3, -0.25) is 4.79 Å². The fourth-order valence-electron chi connectivity index (χ4n) is 7.00. The Morgan fingerprint density at radius 2 is 1.56 bits per heavy atom. The Balaban J connectivity index is 0.998. The maximum atomic E-state index is 12.9. The zero-order chi connectivity index (χ0) is 21.5. The topological polar surface area (TPSA) is 65.4 Å². The molecule has 5 fully saturated rings. The minimum Gasteiger partial charge on any atom is -0.490 e. The Morgan fingerprint density at radius 1 is 0.906 bits per heavy atom. The second-order valence-electron chi connectivity index (χ2n) is 10.5. The summed E-state index contributed by atoms with van der Waals surface area (Å²) >= 11 is 0. The van der Waals surface area contributed by atoms with Crippen LogP contribution in [0, 0.1) is 23.7 Å². The maximum Gasteiger partial charge on any atom is 0.251 e. The van der Waals surface area contributed by atoms with E-state index in [0.29, 0.717) is 17.9 Å². The van der Waals surface area contributed by atoms with E-state index in [-0.39, 0.29) is 18.1 Å². The van der Waals surface area contributed by atoms with E-state index < -0.39 is 0 Å². The van der Waals surface area contributed by atoms with Gasteiger partial charge in [-0.2, -0.15) is 0 Å². The molecule has 0 atom stereocenters. The molecule has 0 radical (unpaired) electrons. The molecule has 5 aliphatic carbocycles. The fourth-order valence-corrected chi connectivity index (χ4v) is 7.00. The minimum absolute atomic E-state index is 0.0744. The van der Waals surface area contributed by atoms with Crippen LogP contribution in [0.1, 0.15) is 68.1 Å². The molecule has 1 aromatic heterocycles. The number of carbonyl (C=O) groups excluding carboxylic acids is 1. The first-order chi connectivity index (χ1) is 15.7. The average Bonchev–Trinajstić information content (AvgIpc) is 3.31. The van der Waals surface area contributed by atoms with Gasteiger partial charge >= 0.3 is 0 Å². The molecule has 0 unspecified atom stereocenters. The van der Waals surface area contributed by atoms with Crippen LogP contribution < -0.4 is 14.9 Å². The average molecular weight is 436 g/mol. The summed E-state index contributed by atoms with van der Waals surface area (Å²) in [5.41, 5.74) is 0.738. The van der Waals surface area contributed by atoms with Gasteiger partial charge in [0.2, 0.25) is 0 Å². The summed E-state index contributed by atoms with van der Waals surface area (Å²) in [4.78, 5) is 20.3. The van der Waals surface area contributed by atoms with Gasteiger partial charge in [0.1, 0.15) is 11.9 Å². The smallest absolute Gasteiger partial charge is 0.251 e. The third-order valence-electron chi connectivity index (χ3n) is 8.30. The molecule has 1 aromatic carbocycles.